The highest BCUT2D eigenvalue weighted by atomic mass is 31.0. The highest BCUT2D eigenvalue weighted by Gasteiger charge is 1.91. The molecule has 0 saturated heterocycles. The van der Waals surface area contributed by atoms with Gasteiger partial charge >= 0.3 is 0 Å². The summed E-state index contributed by atoms with van der Waals surface area (Å²) in [5.41, 5.74) is 1.22. The minimum absolute atomic E-state index is 0.153. The lowest BCUT2D eigenvalue weighted by molar-refractivity contribution is 0.627. The smallest absolute Gasteiger partial charge is 0.123 e. The lowest BCUT2D eigenvalue weighted by atomic mass is 10.1. The Morgan fingerprint density at radius 2 is 1.82 bits per heavy atom. The van der Waals surface area contributed by atoms with Crippen LogP contribution in [0.25, 0.3) is 0 Å². The van der Waals surface area contributed by atoms with Gasteiger partial charge in [0.2, 0.25) is 0 Å². The van der Waals surface area contributed by atoms with Crippen LogP contribution in [0.2, 0.25) is 0 Å². The summed E-state index contributed by atoms with van der Waals surface area (Å²) in [6, 6.07) is 6.71. The maximum absolute atomic E-state index is 12.4. The SMILES string of the molecule is Fc1ccc(CCCP)cc1. The molecule has 0 aliphatic carbocycles. The Morgan fingerprint density at radius 3 is 2.36 bits per heavy atom. The molecule has 0 aromatic heterocycles. The third-order valence-corrected chi connectivity index (χ3v) is 1.99. The average Bonchev–Trinajstić information content (AvgIpc) is 2.04. The van der Waals surface area contributed by atoms with E-state index in [4.69, 9.17) is 0 Å². The molecule has 0 saturated carbocycles. The Hall–Kier alpha value is -0.420. The molecule has 0 heterocycles. The van der Waals surface area contributed by atoms with Crippen molar-refractivity contribution in [2.75, 3.05) is 6.16 Å². The summed E-state index contributed by atoms with van der Waals surface area (Å²) < 4.78 is 12.4. The first-order valence-corrected chi connectivity index (χ1v) is 4.59. The summed E-state index contributed by atoms with van der Waals surface area (Å²) in [5, 5.41) is 0. The van der Waals surface area contributed by atoms with Crippen molar-refractivity contribution in [3.05, 3.63) is 35.6 Å². The van der Waals surface area contributed by atoms with Crippen molar-refractivity contribution in [2.24, 2.45) is 0 Å². The first-order valence-electron chi connectivity index (χ1n) is 3.77. The van der Waals surface area contributed by atoms with Gasteiger partial charge in [0.15, 0.2) is 0 Å². The lowest BCUT2D eigenvalue weighted by Crippen LogP contribution is -1.85. The van der Waals surface area contributed by atoms with Gasteiger partial charge in [-0.2, -0.15) is 0 Å². The average molecular weight is 170 g/mol. The summed E-state index contributed by atoms with van der Waals surface area (Å²) in [7, 11) is 2.69. The lowest BCUT2D eigenvalue weighted by Gasteiger charge is -1.97. The minimum atomic E-state index is -0.153. The van der Waals surface area contributed by atoms with Crippen LogP contribution in [-0.4, -0.2) is 6.16 Å². The third kappa shape index (κ3) is 2.98. The van der Waals surface area contributed by atoms with Crippen LogP contribution in [-0.2, 0) is 6.42 Å². The Bertz CT molecular complexity index is 205. The normalized spacial score (nSPS) is 10.0. The van der Waals surface area contributed by atoms with E-state index in [1.807, 2.05) is 12.1 Å². The summed E-state index contributed by atoms with van der Waals surface area (Å²) in [6.45, 7) is 0. The zero-order valence-electron chi connectivity index (χ0n) is 6.39. The van der Waals surface area contributed by atoms with E-state index >= 15 is 0 Å². The predicted octanol–water partition coefficient (Wildman–Crippen LogP) is 2.63. The van der Waals surface area contributed by atoms with Gasteiger partial charge in [0, 0.05) is 0 Å². The molecule has 0 N–H and O–H groups in total. The van der Waals surface area contributed by atoms with Crippen LogP contribution >= 0.6 is 9.24 Å². The Balaban J connectivity index is 2.52. The molecule has 0 radical (unpaired) electrons. The topological polar surface area (TPSA) is 0 Å². The fraction of sp³-hybridized carbons (Fsp3) is 0.333. The highest BCUT2D eigenvalue weighted by molar-refractivity contribution is 7.16. The molecule has 1 atom stereocenters. The maximum atomic E-state index is 12.4. The van der Waals surface area contributed by atoms with Gasteiger partial charge in [-0.15, -0.1) is 9.24 Å². The van der Waals surface area contributed by atoms with Crippen LogP contribution in [0.15, 0.2) is 24.3 Å². The molecule has 2 heteroatoms. The molecule has 1 rings (SSSR count). The fourth-order valence-electron chi connectivity index (χ4n) is 0.957. The third-order valence-electron chi connectivity index (χ3n) is 1.58. The van der Waals surface area contributed by atoms with Gasteiger partial charge in [-0.3, -0.25) is 0 Å². The molecule has 1 aromatic carbocycles. The van der Waals surface area contributed by atoms with E-state index in [-0.39, 0.29) is 5.82 Å². The van der Waals surface area contributed by atoms with Gasteiger partial charge in [-0.1, -0.05) is 12.1 Å². The second-order valence-electron chi connectivity index (χ2n) is 2.52. The highest BCUT2D eigenvalue weighted by Crippen LogP contribution is 2.05. The van der Waals surface area contributed by atoms with Crippen LogP contribution in [0, 0.1) is 5.82 Å². The van der Waals surface area contributed by atoms with Crippen molar-refractivity contribution < 1.29 is 4.39 Å². The molecule has 1 aromatic rings. The van der Waals surface area contributed by atoms with E-state index in [1.54, 1.807) is 0 Å². The molecule has 0 amide bonds. The maximum Gasteiger partial charge on any atom is 0.123 e. The van der Waals surface area contributed by atoms with Gasteiger partial charge < -0.3 is 0 Å². The molecule has 0 spiro atoms. The zero-order valence-corrected chi connectivity index (χ0v) is 7.54. The Kier molecular flexibility index (Phi) is 3.51. The Labute approximate surface area is 69.0 Å². The van der Waals surface area contributed by atoms with E-state index in [9.17, 15) is 4.39 Å². The number of hydrogen-bond acceptors (Lipinski definition) is 0. The molecule has 0 aliphatic heterocycles. The second kappa shape index (κ2) is 4.46. The second-order valence-corrected chi connectivity index (χ2v) is 3.10. The van der Waals surface area contributed by atoms with Crippen molar-refractivity contribution >= 4 is 9.24 Å². The molecule has 1 unspecified atom stereocenters. The molecular formula is C9H12FP. The summed E-state index contributed by atoms with van der Waals surface area (Å²) in [5.74, 6) is -0.153. The number of hydrogen-bond donors (Lipinski definition) is 0. The van der Waals surface area contributed by atoms with E-state index in [2.05, 4.69) is 9.24 Å². The molecule has 0 bridgehead atoms. The van der Waals surface area contributed by atoms with Gasteiger partial charge in [0.1, 0.15) is 5.82 Å². The first kappa shape index (κ1) is 8.67. The van der Waals surface area contributed by atoms with Crippen molar-refractivity contribution in [3.8, 4) is 0 Å². The van der Waals surface area contributed by atoms with Crippen molar-refractivity contribution in [1.82, 2.24) is 0 Å². The molecule has 0 nitrogen and oxygen atoms in total. The van der Waals surface area contributed by atoms with Crippen molar-refractivity contribution in [3.63, 3.8) is 0 Å². The number of aryl methyl sites for hydroxylation is 1. The first-order chi connectivity index (χ1) is 5.33. The Morgan fingerprint density at radius 1 is 1.18 bits per heavy atom. The standard InChI is InChI=1S/C9H12FP/c10-9-5-3-8(4-6-9)2-1-7-11/h3-6H,1-2,7,11H2. The predicted molar refractivity (Wildman–Crippen MR) is 49.3 cm³/mol. The van der Waals surface area contributed by atoms with Gasteiger partial charge in [0.25, 0.3) is 0 Å². The van der Waals surface area contributed by atoms with Gasteiger partial charge in [-0.25, -0.2) is 4.39 Å². The monoisotopic (exact) mass is 170 g/mol. The molecule has 11 heavy (non-hydrogen) atoms. The molecule has 0 aliphatic rings. The number of halogens is 1. The van der Waals surface area contributed by atoms with Crippen LogP contribution in [0.3, 0.4) is 0 Å². The zero-order chi connectivity index (χ0) is 8.10. The van der Waals surface area contributed by atoms with Gasteiger partial charge in [-0.05, 0) is 36.7 Å². The van der Waals surface area contributed by atoms with Crippen molar-refractivity contribution in [2.45, 2.75) is 12.8 Å². The van der Waals surface area contributed by atoms with E-state index in [1.165, 1.54) is 17.7 Å². The summed E-state index contributed by atoms with van der Waals surface area (Å²) in [6.07, 6.45) is 3.30. The van der Waals surface area contributed by atoms with Crippen LogP contribution < -0.4 is 0 Å². The largest absolute Gasteiger partial charge is 0.207 e. The quantitative estimate of drug-likeness (QED) is 0.612. The van der Waals surface area contributed by atoms with Crippen molar-refractivity contribution in [1.29, 1.82) is 0 Å². The summed E-state index contributed by atoms with van der Waals surface area (Å²) >= 11 is 0. The number of benzene rings is 1. The molecular weight excluding hydrogens is 158 g/mol. The molecule has 60 valence electrons. The molecule has 0 fully saturated rings. The van der Waals surface area contributed by atoms with Crippen LogP contribution in [0.4, 0.5) is 4.39 Å². The summed E-state index contributed by atoms with van der Waals surface area (Å²) in [4.78, 5) is 0. The van der Waals surface area contributed by atoms with E-state index < -0.39 is 0 Å². The fourth-order valence-corrected chi connectivity index (χ4v) is 1.16. The van der Waals surface area contributed by atoms with E-state index in [0.717, 1.165) is 19.0 Å². The van der Waals surface area contributed by atoms with Gasteiger partial charge in [0.05, 0.1) is 0 Å². The number of rotatable bonds is 3. The van der Waals surface area contributed by atoms with Crippen LogP contribution in [0.1, 0.15) is 12.0 Å². The minimum Gasteiger partial charge on any atom is -0.207 e. The van der Waals surface area contributed by atoms with E-state index in [0.29, 0.717) is 0 Å². The van der Waals surface area contributed by atoms with Crippen LogP contribution in [0.5, 0.6) is 0 Å².